The van der Waals surface area contributed by atoms with Crippen LogP contribution in [-0.4, -0.2) is 30.6 Å². The summed E-state index contributed by atoms with van der Waals surface area (Å²) in [7, 11) is 1.41. The Morgan fingerprint density at radius 1 is 1.33 bits per heavy atom. The average Bonchev–Trinajstić information content (AvgIpc) is 2.34. The van der Waals surface area contributed by atoms with Gasteiger partial charge in [0, 0.05) is 5.56 Å². The SMILES string of the molecule is C=C(C)C(=O)c1ccc(OCC(=O)O)c(OC)c1. The van der Waals surface area contributed by atoms with Crippen LogP contribution in [0.1, 0.15) is 17.3 Å². The summed E-state index contributed by atoms with van der Waals surface area (Å²) in [6, 6.07) is 4.53. The van der Waals surface area contributed by atoms with E-state index in [1.807, 2.05) is 0 Å². The number of ketones is 1. The molecule has 1 aromatic carbocycles. The van der Waals surface area contributed by atoms with E-state index in [0.717, 1.165) is 0 Å². The molecule has 5 heteroatoms. The van der Waals surface area contributed by atoms with Crippen LogP contribution in [0.25, 0.3) is 0 Å². The van der Waals surface area contributed by atoms with Crippen molar-refractivity contribution < 1.29 is 24.2 Å². The number of carboxylic acids is 1. The number of ether oxygens (including phenoxy) is 2. The molecule has 0 aliphatic carbocycles. The van der Waals surface area contributed by atoms with Gasteiger partial charge in [-0.05, 0) is 30.7 Å². The lowest BCUT2D eigenvalue weighted by Crippen LogP contribution is -2.10. The zero-order valence-electron chi connectivity index (χ0n) is 10.2. The maximum atomic E-state index is 11.7. The Labute approximate surface area is 105 Å². The number of methoxy groups -OCH3 is 1. The van der Waals surface area contributed by atoms with Gasteiger partial charge in [-0.25, -0.2) is 4.79 Å². The Balaban J connectivity index is 2.99. The van der Waals surface area contributed by atoms with Gasteiger partial charge in [-0.2, -0.15) is 0 Å². The number of allylic oxidation sites excluding steroid dienone is 1. The maximum Gasteiger partial charge on any atom is 0.341 e. The van der Waals surface area contributed by atoms with E-state index >= 15 is 0 Å². The van der Waals surface area contributed by atoms with E-state index in [1.165, 1.54) is 25.3 Å². The standard InChI is InChI=1S/C13H14O5/c1-8(2)13(16)9-4-5-10(11(6-9)17-3)18-7-12(14)15/h4-6H,1,7H2,2-3H3,(H,14,15). The molecule has 0 fully saturated rings. The van der Waals surface area contributed by atoms with E-state index in [0.29, 0.717) is 16.9 Å². The summed E-state index contributed by atoms with van der Waals surface area (Å²) in [5, 5.41) is 8.52. The molecule has 0 saturated heterocycles. The van der Waals surface area contributed by atoms with Gasteiger partial charge in [-0.1, -0.05) is 6.58 Å². The number of Topliss-reactive ketones (excluding diaryl/α,β-unsaturated/α-hetero) is 1. The number of carboxylic acid groups (broad SMARTS) is 1. The molecule has 18 heavy (non-hydrogen) atoms. The van der Waals surface area contributed by atoms with Crippen molar-refractivity contribution in [1.29, 1.82) is 0 Å². The first-order valence-electron chi connectivity index (χ1n) is 5.18. The molecular weight excluding hydrogens is 236 g/mol. The third kappa shape index (κ3) is 3.35. The number of carbonyl (C=O) groups excluding carboxylic acids is 1. The van der Waals surface area contributed by atoms with Crippen molar-refractivity contribution in [2.24, 2.45) is 0 Å². The monoisotopic (exact) mass is 250 g/mol. The number of rotatable bonds is 6. The zero-order valence-corrected chi connectivity index (χ0v) is 10.2. The van der Waals surface area contributed by atoms with Crippen molar-refractivity contribution >= 4 is 11.8 Å². The van der Waals surface area contributed by atoms with Gasteiger partial charge in [-0.3, -0.25) is 4.79 Å². The highest BCUT2D eigenvalue weighted by molar-refractivity contribution is 6.08. The molecule has 1 aromatic rings. The minimum Gasteiger partial charge on any atom is -0.493 e. The molecule has 1 N–H and O–H groups in total. The van der Waals surface area contributed by atoms with E-state index in [-0.39, 0.29) is 11.5 Å². The first kappa shape index (κ1) is 13.8. The topological polar surface area (TPSA) is 72.8 Å². The zero-order chi connectivity index (χ0) is 13.7. The van der Waals surface area contributed by atoms with Gasteiger partial charge in [0.25, 0.3) is 0 Å². The van der Waals surface area contributed by atoms with Crippen LogP contribution >= 0.6 is 0 Å². The van der Waals surface area contributed by atoms with E-state index in [1.54, 1.807) is 6.92 Å². The summed E-state index contributed by atoms with van der Waals surface area (Å²) in [5.41, 5.74) is 0.832. The van der Waals surface area contributed by atoms with Crippen LogP contribution in [0.3, 0.4) is 0 Å². The third-order valence-electron chi connectivity index (χ3n) is 2.16. The van der Waals surface area contributed by atoms with Crippen molar-refractivity contribution in [1.82, 2.24) is 0 Å². The highest BCUT2D eigenvalue weighted by atomic mass is 16.5. The van der Waals surface area contributed by atoms with E-state index < -0.39 is 12.6 Å². The van der Waals surface area contributed by atoms with E-state index in [9.17, 15) is 9.59 Å². The van der Waals surface area contributed by atoms with Crippen LogP contribution < -0.4 is 9.47 Å². The van der Waals surface area contributed by atoms with Crippen molar-refractivity contribution in [3.8, 4) is 11.5 Å². The van der Waals surface area contributed by atoms with Gasteiger partial charge in [0.15, 0.2) is 23.9 Å². The second-order valence-corrected chi connectivity index (χ2v) is 3.66. The summed E-state index contributed by atoms with van der Waals surface area (Å²) < 4.78 is 10.1. The molecule has 96 valence electrons. The fourth-order valence-corrected chi connectivity index (χ4v) is 1.31. The minimum absolute atomic E-state index is 0.196. The molecule has 0 saturated carbocycles. The molecule has 1 rings (SSSR count). The van der Waals surface area contributed by atoms with Crippen LogP contribution in [0.4, 0.5) is 0 Å². The predicted octanol–water partition coefficient (Wildman–Crippen LogP) is 1.92. The normalized spacial score (nSPS) is 9.67. The Bertz CT molecular complexity index is 490. The second kappa shape index (κ2) is 5.86. The van der Waals surface area contributed by atoms with Crippen LogP contribution in [-0.2, 0) is 4.79 Å². The molecule has 0 atom stereocenters. The fraction of sp³-hybridized carbons (Fsp3) is 0.231. The Hall–Kier alpha value is -2.30. The average molecular weight is 250 g/mol. The van der Waals surface area contributed by atoms with Crippen LogP contribution in [0.2, 0.25) is 0 Å². The molecule has 0 aromatic heterocycles. The van der Waals surface area contributed by atoms with Gasteiger partial charge in [0.1, 0.15) is 0 Å². The Kier molecular flexibility index (Phi) is 4.48. The summed E-state index contributed by atoms with van der Waals surface area (Å²) in [4.78, 5) is 22.1. The number of benzene rings is 1. The molecule has 0 amide bonds. The quantitative estimate of drug-likeness (QED) is 0.616. The maximum absolute atomic E-state index is 11.7. The molecule has 0 unspecified atom stereocenters. The predicted molar refractivity (Wildman–Crippen MR) is 65.3 cm³/mol. The highest BCUT2D eigenvalue weighted by Crippen LogP contribution is 2.28. The largest absolute Gasteiger partial charge is 0.493 e. The lowest BCUT2D eigenvalue weighted by molar-refractivity contribution is -0.139. The highest BCUT2D eigenvalue weighted by Gasteiger charge is 2.12. The van der Waals surface area contributed by atoms with Gasteiger partial charge in [0.2, 0.25) is 0 Å². The van der Waals surface area contributed by atoms with Gasteiger partial charge >= 0.3 is 5.97 Å². The summed E-state index contributed by atoms with van der Waals surface area (Å²) in [6.07, 6.45) is 0. The molecule has 0 aliphatic rings. The second-order valence-electron chi connectivity index (χ2n) is 3.66. The first-order valence-corrected chi connectivity index (χ1v) is 5.18. The van der Waals surface area contributed by atoms with Crippen molar-refractivity contribution in [2.45, 2.75) is 6.92 Å². The summed E-state index contributed by atoms with van der Waals surface area (Å²) >= 11 is 0. The van der Waals surface area contributed by atoms with Crippen LogP contribution in [0, 0.1) is 0 Å². The molecule has 0 spiro atoms. The molecule has 0 bridgehead atoms. The van der Waals surface area contributed by atoms with Crippen LogP contribution in [0.15, 0.2) is 30.4 Å². The van der Waals surface area contributed by atoms with Crippen molar-refractivity contribution in [2.75, 3.05) is 13.7 Å². The molecule has 5 nitrogen and oxygen atoms in total. The fourth-order valence-electron chi connectivity index (χ4n) is 1.31. The number of hydrogen-bond donors (Lipinski definition) is 1. The molecule has 0 heterocycles. The molecular formula is C13H14O5. The van der Waals surface area contributed by atoms with E-state index in [2.05, 4.69) is 6.58 Å². The number of carbonyl (C=O) groups is 2. The van der Waals surface area contributed by atoms with Crippen molar-refractivity contribution in [3.05, 3.63) is 35.9 Å². The first-order chi connectivity index (χ1) is 8.45. The Morgan fingerprint density at radius 3 is 2.50 bits per heavy atom. The molecule has 0 radical (unpaired) electrons. The minimum atomic E-state index is -1.08. The van der Waals surface area contributed by atoms with Gasteiger partial charge in [0.05, 0.1) is 7.11 Å². The van der Waals surface area contributed by atoms with Crippen molar-refractivity contribution in [3.63, 3.8) is 0 Å². The van der Waals surface area contributed by atoms with Crippen LogP contribution in [0.5, 0.6) is 11.5 Å². The lowest BCUT2D eigenvalue weighted by Gasteiger charge is -2.10. The number of aliphatic carboxylic acids is 1. The van der Waals surface area contributed by atoms with Gasteiger partial charge < -0.3 is 14.6 Å². The lowest BCUT2D eigenvalue weighted by atomic mass is 10.1. The van der Waals surface area contributed by atoms with E-state index in [4.69, 9.17) is 14.6 Å². The summed E-state index contributed by atoms with van der Waals surface area (Å²) in [5.74, 6) is -0.696. The smallest absolute Gasteiger partial charge is 0.341 e. The molecule has 0 aliphatic heterocycles. The Morgan fingerprint density at radius 2 is 2.00 bits per heavy atom. The third-order valence-corrected chi connectivity index (χ3v) is 2.16. The number of hydrogen-bond acceptors (Lipinski definition) is 4. The van der Waals surface area contributed by atoms with Gasteiger partial charge in [-0.15, -0.1) is 0 Å². The summed E-state index contributed by atoms with van der Waals surface area (Å²) in [6.45, 7) is 4.72.